The molecular weight excluding hydrogens is 224 g/mol. The van der Waals surface area contributed by atoms with E-state index in [0.717, 1.165) is 22.6 Å². The van der Waals surface area contributed by atoms with Crippen LogP contribution in [-0.4, -0.2) is 16.9 Å². The van der Waals surface area contributed by atoms with Crippen LogP contribution in [-0.2, 0) is 0 Å². The van der Waals surface area contributed by atoms with Gasteiger partial charge in [-0.3, -0.25) is 4.68 Å². The van der Waals surface area contributed by atoms with Crippen molar-refractivity contribution < 1.29 is 4.74 Å². The molecule has 0 bridgehead atoms. The lowest BCUT2D eigenvalue weighted by atomic mass is 10.0. The van der Waals surface area contributed by atoms with E-state index < -0.39 is 0 Å². The maximum Gasteiger partial charge on any atom is 0.124 e. The first kappa shape index (κ1) is 12.7. The molecule has 0 saturated heterocycles. The van der Waals surface area contributed by atoms with Gasteiger partial charge < -0.3 is 4.74 Å². The number of nitrogens with zero attached hydrogens (tertiary/aromatic N) is 2. The first-order chi connectivity index (χ1) is 8.54. The molecule has 0 aliphatic rings. The number of methoxy groups -OCH3 is 1. The van der Waals surface area contributed by atoms with Gasteiger partial charge in [-0.05, 0) is 57.0 Å². The molecule has 96 valence electrons. The predicted molar refractivity (Wildman–Crippen MR) is 74.1 cm³/mol. The van der Waals surface area contributed by atoms with Crippen molar-refractivity contribution in [3.8, 4) is 17.0 Å². The molecule has 0 spiro atoms. The molecule has 0 aliphatic heterocycles. The maximum absolute atomic E-state index is 5.40. The number of rotatable bonds is 3. The Morgan fingerprint density at radius 1 is 1.17 bits per heavy atom. The minimum Gasteiger partial charge on any atom is -0.496 e. The molecule has 3 nitrogen and oxygen atoms in total. The van der Waals surface area contributed by atoms with Crippen LogP contribution in [0.15, 0.2) is 24.4 Å². The molecule has 0 unspecified atom stereocenters. The third kappa shape index (κ3) is 2.13. The highest BCUT2D eigenvalue weighted by atomic mass is 16.5. The average molecular weight is 244 g/mol. The summed E-state index contributed by atoms with van der Waals surface area (Å²) in [7, 11) is 1.72. The highest BCUT2D eigenvalue weighted by Crippen LogP contribution is 2.30. The van der Waals surface area contributed by atoms with Crippen molar-refractivity contribution in [2.24, 2.45) is 0 Å². The van der Waals surface area contributed by atoms with Crippen molar-refractivity contribution in [2.75, 3.05) is 7.11 Å². The molecule has 18 heavy (non-hydrogen) atoms. The second-order valence-electron chi connectivity index (χ2n) is 4.90. The Hall–Kier alpha value is -1.77. The average Bonchev–Trinajstić information content (AvgIpc) is 2.77. The fourth-order valence-electron chi connectivity index (χ4n) is 2.37. The second-order valence-corrected chi connectivity index (χ2v) is 4.90. The molecular formula is C15H20N2O. The molecule has 1 aromatic heterocycles. The van der Waals surface area contributed by atoms with E-state index in [1.165, 1.54) is 5.56 Å². The topological polar surface area (TPSA) is 27.1 Å². The summed E-state index contributed by atoms with van der Waals surface area (Å²) in [5.74, 6) is 0.967. The smallest absolute Gasteiger partial charge is 0.124 e. The fourth-order valence-corrected chi connectivity index (χ4v) is 2.37. The van der Waals surface area contributed by atoms with Crippen LogP contribution in [0.25, 0.3) is 11.3 Å². The molecule has 1 aromatic carbocycles. The lowest BCUT2D eigenvalue weighted by molar-refractivity contribution is 0.408. The summed E-state index contributed by atoms with van der Waals surface area (Å²) in [4.78, 5) is 0. The van der Waals surface area contributed by atoms with E-state index in [2.05, 4.69) is 51.0 Å². The third-order valence-corrected chi connectivity index (χ3v) is 3.12. The van der Waals surface area contributed by atoms with Crippen molar-refractivity contribution >= 4 is 0 Å². The van der Waals surface area contributed by atoms with E-state index in [1.54, 1.807) is 7.11 Å². The SMILES string of the molecule is COc1c(C)cc(-c2ccnn2C(C)C)cc1C. The Morgan fingerprint density at radius 2 is 1.78 bits per heavy atom. The van der Waals surface area contributed by atoms with Gasteiger partial charge in [-0.1, -0.05) is 0 Å². The van der Waals surface area contributed by atoms with Crippen molar-refractivity contribution in [1.82, 2.24) is 9.78 Å². The Kier molecular flexibility index (Phi) is 3.41. The van der Waals surface area contributed by atoms with Gasteiger partial charge in [0.05, 0.1) is 12.8 Å². The van der Waals surface area contributed by atoms with E-state index in [0.29, 0.717) is 6.04 Å². The zero-order valence-electron chi connectivity index (χ0n) is 11.7. The van der Waals surface area contributed by atoms with Crippen LogP contribution in [0.3, 0.4) is 0 Å². The van der Waals surface area contributed by atoms with E-state index in [9.17, 15) is 0 Å². The van der Waals surface area contributed by atoms with Gasteiger partial charge in [-0.15, -0.1) is 0 Å². The molecule has 0 saturated carbocycles. The molecule has 2 aromatic rings. The molecule has 0 atom stereocenters. The van der Waals surface area contributed by atoms with Crippen molar-refractivity contribution in [3.63, 3.8) is 0 Å². The minimum atomic E-state index is 0.359. The number of benzene rings is 1. The first-order valence-electron chi connectivity index (χ1n) is 6.23. The van der Waals surface area contributed by atoms with Crippen molar-refractivity contribution in [1.29, 1.82) is 0 Å². The van der Waals surface area contributed by atoms with Crippen LogP contribution in [0.4, 0.5) is 0 Å². The van der Waals surface area contributed by atoms with Crippen LogP contribution in [0.2, 0.25) is 0 Å². The number of ether oxygens (including phenoxy) is 1. The second kappa shape index (κ2) is 4.84. The van der Waals surface area contributed by atoms with Crippen molar-refractivity contribution in [2.45, 2.75) is 33.7 Å². The lowest BCUT2D eigenvalue weighted by Gasteiger charge is -2.14. The molecule has 0 aliphatic carbocycles. The minimum absolute atomic E-state index is 0.359. The third-order valence-electron chi connectivity index (χ3n) is 3.12. The summed E-state index contributed by atoms with van der Waals surface area (Å²) in [6.45, 7) is 8.43. The van der Waals surface area contributed by atoms with Gasteiger partial charge in [-0.2, -0.15) is 5.10 Å². The Labute approximate surface area is 108 Å². The van der Waals surface area contributed by atoms with Gasteiger partial charge in [0.1, 0.15) is 5.75 Å². The van der Waals surface area contributed by atoms with Crippen LogP contribution in [0, 0.1) is 13.8 Å². The normalized spacial score (nSPS) is 11.0. The van der Waals surface area contributed by atoms with E-state index in [4.69, 9.17) is 4.74 Å². The van der Waals surface area contributed by atoms with E-state index in [1.807, 2.05) is 10.9 Å². The molecule has 2 rings (SSSR count). The van der Waals surface area contributed by atoms with Crippen LogP contribution < -0.4 is 4.74 Å². The summed E-state index contributed by atoms with van der Waals surface area (Å²) >= 11 is 0. The summed E-state index contributed by atoms with van der Waals surface area (Å²) in [6.07, 6.45) is 1.85. The number of aromatic nitrogens is 2. The lowest BCUT2D eigenvalue weighted by Crippen LogP contribution is -2.05. The van der Waals surface area contributed by atoms with Crippen LogP contribution in [0.5, 0.6) is 5.75 Å². The summed E-state index contributed by atoms with van der Waals surface area (Å²) in [5.41, 5.74) is 4.66. The predicted octanol–water partition coefficient (Wildman–Crippen LogP) is 3.76. The monoisotopic (exact) mass is 244 g/mol. The number of hydrogen-bond acceptors (Lipinski definition) is 2. The molecule has 3 heteroatoms. The molecule has 0 amide bonds. The molecule has 0 fully saturated rings. The Bertz CT molecular complexity index is 532. The van der Waals surface area contributed by atoms with E-state index in [-0.39, 0.29) is 0 Å². The van der Waals surface area contributed by atoms with Gasteiger partial charge >= 0.3 is 0 Å². The summed E-state index contributed by atoms with van der Waals surface area (Å²) in [5, 5.41) is 4.38. The highest BCUT2D eigenvalue weighted by Gasteiger charge is 2.11. The first-order valence-corrected chi connectivity index (χ1v) is 6.23. The Morgan fingerprint density at radius 3 is 2.28 bits per heavy atom. The molecule has 0 N–H and O–H groups in total. The van der Waals surface area contributed by atoms with Gasteiger partial charge in [0.25, 0.3) is 0 Å². The van der Waals surface area contributed by atoms with Gasteiger partial charge in [-0.25, -0.2) is 0 Å². The van der Waals surface area contributed by atoms with E-state index >= 15 is 0 Å². The standard InChI is InChI=1S/C15H20N2O/c1-10(2)17-14(6-7-16-17)13-8-11(3)15(18-5)12(4)9-13/h6-10H,1-5H3. The van der Waals surface area contributed by atoms with Gasteiger partial charge in [0, 0.05) is 17.8 Å². The van der Waals surface area contributed by atoms with Crippen LogP contribution >= 0.6 is 0 Å². The molecule has 0 radical (unpaired) electrons. The summed E-state index contributed by atoms with van der Waals surface area (Å²) < 4.78 is 7.45. The zero-order chi connectivity index (χ0) is 13.3. The van der Waals surface area contributed by atoms with Crippen LogP contribution in [0.1, 0.15) is 31.0 Å². The quantitative estimate of drug-likeness (QED) is 0.822. The largest absolute Gasteiger partial charge is 0.496 e. The highest BCUT2D eigenvalue weighted by molar-refractivity contribution is 5.64. The van der Waals surface area contributed by atoms with Gasteiger partial charge in [0.2, 0.25) is 0 Å². The molecule has 1 heterocycles. The summed E-state index contributed by atoms with van der Waals surface area (Å²) in [6, 6.07) is 6.72. The maximum atomic E-state index is 5.40. The number of aryl methyl sites for hydroxylation is 2. The Balaban J connectivity index is 2.55. The zero-order valence-corrected chi connectivity index (χ0v) is 11.7. The number of hydrogen-bond donors (Lipinski definition) is 0. The van der Waals surface area contributed by atoms with Crippen molar-refractivity contribution in [3.05, 3.63) is 35.5 Å². The fraction of sp³-hybridized carbons (Fsp3) is 0.400. The van der Waals surface area contributed by atoms with Gasteiger partial charge in [0.15, 0.2) is 0 Å².